The lowest BCUT2D eigenvalue weighted by molar-refractivity contribution is 0.102. The Morgan fingerprint density at radius 2 is 1.81 bits per heavy atom. The number of hydrogen-bond acceptors (Lipinski definition) is 3. The molecule has 0 spiro atoms. The van der Waals surface area contributed by atoms with Crippen LogP contribution in [-0.4, -0.2) is 15.9 Å². The van der Waals surface area contributed by atoms with Crippen molar-refractivity contribution >= 4 is 50.2 Å². The largest absolute Gasteiger partial charge is 0.322 e. The van der Waals surface area contributed by atoms with E-state index in [4.69, 9.17) is 11.6 Å². The molecule has 1 aromatic heterocycles. The molecule has 0 radical (unpaired) electrons. The Morgan fingerprint density at radius 1 is 1.05 bits per heavy atom. The summed E-state index contributed by atoms with van der Waals surface area (Å²) in [6.45, 7) is 0. The van der Waals surface area contributed by atoms with Crippen molar-refractivity contribution < 1.29 is 4.79 Å². The van der Waals surface area contributed by atoms with Crippen LogP contribution in [0.4, 0.5) is 5.69 Å². The number of benzene rings is 2. The normalized spacial score (nSPS) is 10.6. The molecule has 0 atom stereocenters. The van der Waals surface area contributed by atoms with Gasteiger partial charge in [0, 0.05) is 28.1 Å². The third kappa shape index (κ3) is 3.04. The van der Waals surface area contributed by atoms with E-state index in [9.17, 15) is 4.79 Å². The lowest BCUT2D eigenvalue weighted by atomic mass is 10.1. The average Bonchev–Trinajstić information content (AvgIpc) is 2.50. The molecule has 21 heavy (non-hydrogen) atoms. The van der Waals surface area contributed by atoms with Gasteiger partial charge in [0.15, 0.2) is 0 Å². The first-order chi connectivity index (χ1) is 10.1. The second kappa shape index (κ2) is 5.79. The van der Waals surface area contributed by atoms with Crippen LogP contribution in [0, 0.1) is 0 Å². The zero-order chi connectivity index (χ0) is 14.8. The van der Waals surface area contributed by atoms with Crippen LogP contribution >= 0.6 is 27.5 Å². The number of nitrogens with one attached hydrogen (secondary N) is 1. The van der Waals surface area contributed by atoms with E-state index in [0.29, 0.717) is 21.8 Å². The molecule has 1 N–H and O–H groups in total. The van der Waals surface area contributed by atoms with Crippen molar-refractivity contribution in [3.05, 3.63) is 63.9 Å². The molecule has 0 saturated heterocycles. The first-order valence-electron chi connectivity index (χ1n) is 6.11. The maximum Gasteiger partial charge on any atom is 0.255 e. The van der Waals surface area contributed by atoms with Gasteiger partial charge < -0.3 is 5.32 Å². The summed E-state index contributed by atoms with van der Waals surface area (Å²) < 4.78 is 0.728. The summed E-state index contributed by atoms with van der Waals surface area (Å²) in [7, 11) is 0. The topological polar surface area (TPSA) is 54.9 Å². The molecule has 6 heteroatoms. The van der Waals surface area contributed by atoms with Gasteiger partial charge in [-0.25, -0.2) is 0 Å². The minimum absolute atomic E-state index is 0.211. The van der Waals surface area contributed by atoms with Crippen molar-refractivity contribution in [3.8, 4) is 0 Å². The van der Waals surface area contributed by atoms with Crippen LogP contribution in [0.25, 0.3) is 11.0 Å². The summed E-state index contributed by atoms with van der Waals surface area (Å²) >= 11 is 9.25. The Labute approximate surface area is 134 Å². The second-order valence-corrected chi connectivity index (χ2v) is 5.60. The number of aromatic nitrogens is 2. The highest BCUT2D eigenvalue weighted by molar-refractivity contribution is 9.10. The summed E-state index contributed by atoms with van der Waals surface area (Å²) in [4.78, 5) is 20.6. The average molecular weight is 363 g/mol. The van der Waals surface area contributed by atoms with Gasteiger partial charge in [-0.3, -0.25) is 14.8 Å². The molecule has 0 saturated carbocycles. The van der Waals surface area contributed by atoms with E-state index in [1.807, 2.05) is 0 Å². The molecule has 0 fully saturated rings. The molecule has 0 aliphatic heterocycles. The Hall–Kier alpha value is -1.98. The van der Waals surface area contributed by atoms with Crippen molar-refractivity contribution in [3.63, 3.8) is 0 Å². The Kier molecular flexibility index (Phi) is 3.86. The van der Waals surface area contributed by atoms with Crippen molar-refractivity contribution in [2.75, 3.05) is 5.32 Å². The van der Waals surface area contributed by atoms with Gasteiger partial charge in [0.25, 0.3) is 5.91 Å². The molecule has 0 aliphatic rings. The maximum atomic E-state index is 12.2. The number of hydrogen-bond donors (Lipinski definition) is 1. The van der Waals surface area contributed by atoms with E-state index in [-0.39, 0.29) is 5.91 Å². The highest BCUT2D eigenvalue weighted by atomic mass is 79.9. The second-order valence-electron chi connectivity index (χ2n) is 4.34. The standard InChI is InChI=1S/C15H9BrClN3O/c16-11-8-10(2-3-12(11)17)20-15(21)9-1-4-13-14(7-9)19-6-5-18-13/h1-8H,(H,20,21). The van der Waals surface area contributed by atoms with Crippen LogP contribution < -0.4 is 5.32 Å². The predicted molar refractivity (Wildman–Crippen MR) is 86.6 cm³/mol. The molecule has 1 heterocycles. The number of halogens is 2. The quantitative estimate of drug-likeness (QED) is 0.739. The number of nitrogens with zero attached hydrogens (tertiary/aromatic N) is 2. The first-order valence-corrected chi connectivity index (χ1v) is 7.28. The van der Waals surface area contributed by atoms with Gasteiger partial charge in [-0.15, -0.1) is 0 Å². The molecule has 2 aromatic carbocycles. The van der Waals surface area contributed by atoms with E-state index in [2.05, 4.69) is 31.2 Å². The SMILES string of the molecule is O=C(Nc1ccc(Cl)c(Br)c1)c1ccc2nccnc2c1. The fourth-order valence-electron chi connectivity index (χ4n) is 1.88. The monoisotopic (exact) mass is 361 g/mol. The number of fused-ring (bicyclic) bond motifs is 1. The van der Waals surface area contributed by atoms with E-state index in [1.165, 1.54) is 0 Å². The Bertz CT molecular complexity index is 838. The fourth-order valence-corrected chi connectivity index (χ4v) is 2.38. The van der Waals surface area contributed by atoms with Gasteiger partial charge in [0.05, 0.1) is 16.1 Å². The Balaban J connectivity index is 1.87. The summed E-state index contributed by atoms with van der Waals surface area (Å²) in [5, 5.41) is 3.41. The minimum atomic E-state index is -0.211. The summed E-state index contributed by atoms with van der Waals surface area (Å²) in [6, 6.07) is 10.4. The van der Waals surface area contributed by atoms with Crippen LogP contribution in [0.3, 0.4) is 0 Å². The van der Waals surface area contributed by atoms with Crippen molar-refractivity contribution in [1.82, 2.24) is 9.97 Å². The highest BCUT2D eigenvalue weighted by Gasteiger charge is 2.08. The van der Waals surface area contributed by atoms with Crippen molar-refractivity contribution in [2.24, 2.45) is 0 Å². The van der Waals surface area contributed by atoms with Crippen LogP contribution in [0.2, 0.25) is 5.02 Å². The zero-order valence-corrected chi connectivity index (χ0v) is 13.0. The molecule has 4 nitrogen and oxygen atoms in total. The van der Waals surface area contributed by atoms with Crippen LogP contribution in [-0.2, 0) is 0 Å². The van der Waals surface area contributed by atoms with E-state index in [1.54, 1.807) is 48.8 Å². The Morgan fingerprint density at radius 3 is 2.57 bits per heavy atom. The van der Waals surface area contributed by atoms with Gasteiger partial charge in [-0.2, -0.15) is 0 Å². The van der Waals surface area contributed by atoms with E-state index in [0.717, 1.165) is 9.99 Å². The number of rotatable bonds is 2. The van der Waals surface area contributed by atoms with Crippen molar-refractivity contribution in [1.29, 1.82) is 0 Å². The number of amides is 1. The third-order valence-corrected chi connectivity index (χ3v) is 4.12. The number of carbonyl (C=O) groups is 1. The van der Waals surface area contributed by atoms with Gasteiger partial charge in [-0.05, 0) is 52.3 Å². The zero-order valence-electron chi connectivity index (χ0n) is 10.7. The third-order valence-electron chi connectivity index (χ3n) is 2.91. The molecular formula is C15H9BrClN3O. The van der Waals surface area contributed by atoms with Gasteiger partial charge in [0.2, 0.25) is 0 Å². The molecule has 0 aliphatic carbocycles. The maximum absolute atomic E-state index is 12.2. The lowest BCUT2D eigenvalue weighted by Crippen LogP contribution is -2.11. The van der Waals surface area contributed by atoms with E-state index >= 15 is 0 Å². The molecule has 3 rings (SSSR count). The number of anilines is 1. The van der Waals surface area contributed by atoms with Crippen LogP contribution in [0.1, 0.15) is 10.4 Å². The minimum Gasteiger partial charge on any atom is -0.322 e. The molecule has 0 unspecified atom stereocenters. The van der Waals surface area contributed by atoms with Gasteiger partial charge in [0.1, 0.15) is 0 Å². The van der Waals surface area contributed by atoms with E-state index < -0.39 is 0 Å². The molecule has 1 amide bonds. The molecule has 104 valence electrons. The predicted octanol–water partition coefficient (Wildman–Crippen LogP) is 4.30. The number of carbonyl (C=O) groups excluding carboxylic acids is 1. The molecule has 3 aromatic rings. The van der Waals surface area contributed by atoms with Crippen LogP contribution in [0.5, 0.6) is 0 Å². The first kappa shape index (κ1) is 14.0. The lowest BCUT2D eigenvalue weighted by Gasteiger charge is -2.07. The van der Waals surface area contributed by atoms with Gasteiger partial charge >= 0.3 is 0 Å². The van der Waals surface area contributed by atoms with Crippen LogP contribution in [0.15, 0.2) is 53.3 Å². The fraction of sp³-hybridized carbons (Fsp3) is 0. The summed E-state index contributed by atoms with van der Waals surface area (Å²) in [5.41, 5.74) is 2.62. The smallest absolute Gasteiger partial charge is 0.255 e. The molecule has 0 bridgehead atoms. The molecular weight excluding hydrogens is 354 g/mol. The van der Waals surface area contributed by atoms with Crippen molar-refractivity contribution in [2.45, 2.75) is 0 Å². The summed E-state index contributed by atoms with van der Waals surface area (Å²) in [6.07, 6.45) is 3.22. The highest BCUT2D eigenvalue weighted by Crippen LogP contribution is 2.25. The summed E-state index contributed by atoms with van der Waals surface area (Å²) in [5.74, 6) is -0.211. The van der Waals surface area contributed by atoms with Gasteiger partial charge in [-0.1, -0.05) is 11.6 Å².